The Bertz CT molecular complexity index is 474. The van der Waals surface area contributed by atoms with Gasteiger partial charge in [-0.05, 0) is 56.9 Å². The lowest BCUT2D eigenvalue weighted by atomic mass is 9.97. The number of H-pyrrole nitrogens is 1. The van der Waals surface area contributed by atoms with Gasteiger partial charge in [-0.2, -0.15) is 5.10 Å². The van der Waals surface area contributed by atoms with Crippen LogP contribution in [0.4, 0.5) is 0 Å². The fourth-order valence-electron chi connectivity index (χ4n) is 4.20. The maximum absolute atomic E-state index is 12.2. The van der Waals surface area contributed by atoms with Crippen LogP contribution in [0.5, 0.6) is 0 Å². The summed E-state index contributed by atoms with van der Waals surface area (Å²) in [6, 6.07) is 0.446. The van der Waals surface area contributed by atoms with Crippen molar-refractivity contribution in [3.05, 3.63) is 17.0 Å². The topological polar surface area (TPSA) is 57.8 Å². The lowest BCUT2D eigenvalue weighted by molar-refractivity contribution is -0.122. The van der Waals surface area contributed by atoms with Crippen LogP contribution in [0.15, 0.2) is 0 Å². The Hall–Kier alpha value is -1.32. The molecule has 3 atom stereocenters. The lowest BCUT2D eigenvalue weighted by Crippen LogP contribution is -2.37. The maximum Gasteiger partial charge on any atom is 0.220 e. The number of carbonyl (C=O) groups is 1. The summed E-state index contributed by atoms with van der Waals surface area (Å²) in [6.45, 7) is 4.02. The maximum atomic E-state index is 12.2. The predicted octanol–water partition coefficient (Wildman–Crippen LogP) is 2.65. The Labute approximate surface area is 120 Å². The summed E-state index contributed by atoms with van der Waals surface area (Å²) in [4.78, 5) is 12.2. The van der Waals surface area contributed by atoms with E-state index in [1.54, 1.807) is 0 Å². The molecule has 0 aliphatic heterocycles. The second-order valence-corrected chi connectivity index (χ2v) is 6.52. The standard InChI is InChI=1S/C16H25N3O/c1-10-13(11(2)19-18-10)7-9-16(20)17-15-8-6-12-4-3-5-14(12)15/h12,14-15H,3-9H2,1-2H3,(H,17,20)(H,18,19)/t12-,14-,15-/m1/s1. The molecule has 0 saturated heterocycles. The first-order valence-corrected chi connectivity index (χ1v) is 7.95. The van der Waals surface area contributed by atoms with E-state index in [1.165, 1.54) is 37.7 Å². The Balaban J connectivity index is 1.50. The van der Waals surface area contributed by atoms with Crippen molar-refractivity contribution in [1.29, 1.82) is 0 Å². The summed E-state index contributed by atoms with van der Waals surface area (Å²) in [7, 11) is 0. The third-order valence-corrected chi connectivity index (χ3v) is 5.31. The van der Waals surface area contributed by atoms with Crippen molar-refractivity contribution in [3.8, 4) is 0 Å². The van der Waals surface area contributed by atoms with Crippen LogP contribution in [-0.4, -0.2) is 22.1 Å². The number of nitrogens with zero attached hydrogens (tertiary/aromatic N) is 1. The predicted molar refractivity (Wildman–Crippen MR) is 78.4 cm³/mol. The van der Waals surface area contributed by atoms with Gasteiger partial charge in [0.15, 0.2) is 0 Å². The molecule has 1 amide bonds. The first-order chi connectivity index (χ1) is 9.65. The van der Waals surface area contributed by atoms with E-state index in [0.717, 1.165) is 29.6 Å². The fourth-order valence-corrected chi connectivity index (χ4v) is 4.20. The van der Waals surface area contributed by atoms with Gasteiger partial charge in [0.1, 0.15) is 0 Å². The number of amides is 1. The third kappa shape index (κ3) is 2.60. The number of carbonyl (C=O) groups excluding carboxylic acids is 1. The highest BCUT2D eigenvalue weighted by atomic mass is 16.1. The molecular formula is C16H25N3O. The fraction of sp³-hybridized carbons (Fsp3) is 0.750. The molecule has 2 N–H and O–H groups in total. The molecule has 0 radical (unpaired) electrons. The van der Waals surface area contributed by atoms with Gasteiger partial charge in [0, 0.05) is 18.2 Å². The van der Waals surface area contributed by atoms with Crippen molar-refractivity contribution < 1.29 is 4.79 Å². The summed E-state index contributed by atoms with van der Waals surface area (Å²) in [5, 5.41) is 10.4. The number of hydrogen-bond donors (Lipinski definition) is 2. The first-order valence-electron chi connectivity index (χ1n) is 7.95. The molecule has 0 bridgehead atoms. The van der Waals surface area contributed by atoms with E-state index in [0.29, 0.717) is 12.5 Å². The van der Waals surface area contributed by atoms with Gasteiger partial charge in [-0.15, -0.1) is 0 Å². The Morgan fingerprint density at radius 3 is 2.90 bits per heavy atom. The van der Waals surface area contributed by atoms with Crippen LogP contribution >= 0.6 is 0 Å². The van der Waals surface area contributed by atoms with Crippen LogP contribution in [0.1, 0.15) is 55.5 Å². The zero-order valence-electron chi connectivity index (χ0n) is 12.5. The van der Waals surface area contributed by atoms with Crippen molar-refractivity contribution in [1.82, 2.24) is 15.5 Å². The summed E-state index contributed by atoms with van der Waals surface area (Å²) in [5.74, 6) is 1.86. The Morgan fingerprint density at radius 1 is 1.30 bits per heavy atom. The molecular weight excluding hydrogens is 250 g/mol. The number of rotatable bonds is 4. The number of nitrogens with one attached hydrogen (secondary N) is 2. The van der Waals surface area contributed by atoms with E-state index in [9.17, 15) is 4.79 Å². The molecule has 0 unspecified atom stereocenters. The van der Waals surface area contributed by atoms with Crippen molar-refractivity contribution in [2.45, 2.75) is 64.8 Å². The van der Waals surface area contributed by atoms with Gasteiger partial charge in [0.05, 0.1) is 5.69 Å². The first kappa shape index (κ1) is 13.7. The molecule has 1 heterocycles. The molecule has 2 saturated carbocycles. The van der Waals surface area contributed by atoms with Crippen LogP contribution in [0, 0.1) is 25.7 Å². The molecule has 4 heteroatoms. The Kier molecular flexibility index (Phi) is 3.81. The highest BCUT2D eigenvalue weighted by Gasteiger charge is 2.39. The van der Waals surface area contributed by atoms with Gasteiger partial charge in [0.25, 0.3) is 0 Å². The SMILES string of the molecule is Cc1n[nH]c(C)c1CCC(=O)N[C@@H]1CC[C@H]2CCC[C@H]21. The van der Waals surface area contributed by atoms with Crippen LogP contribution in [0.3, 0.4) is 0 Å². The smallest absolute Gasteiger partial charge is 0.220 e. The van der Waals surface area contributed by atoms with Gasteiger partial charge in [-0.3, -0.25) is 9.89 Å². The third-order valence-electron chi connectivity index (χ3n) is 5.31. The monoisotopic (exact) mass is 275 g/mol. The van der Waals surface area contributed by atoms with Crippen molar-refractivity contribution in [2.24, 2.45) is 11.8 Å². The normalized spacial score (nSPS) is 28.6. The average Bonchev–Trinajstić information content (AvgIpc) is 3.08. The lowest BCUT2D eigenvalue weighted by Gasteiger charge is -2.20. The molecule has 20 heavy (non-hydrogen) atoms. The molecule has 1 aromatic rings. The van der Waals surface area contributed by atoms with Gasteiger partial charge in [-0.25, -0.2) is 0 Å². The Morgan fingerprint density at radius 2 is 2.15 bits per heavy atom. The molecule has 110 valence electrons. The molecule has 1 aromatic heterocycles. The van der Waals surface area contributed by atoms with E-state index in [-0.39, 0.29) is 5.91 Å². The molecule has 2 aliphatic carbocycles. The van der Waals surface area contributed by atoms with Gasteiger partial charge in [-0.1, -0.05) is 12.8 Å². The van der Waals surface area contributed by atoms with Crippen molar-refractivity contribution in [3.63, 3.8) is 0 Å². The van der Waals surface area contributed by atoms with Gasteiger partial charge in [0.2, 0.25) is 5.91 Å². The summed E-state index contributed by atoms with van der Waals surface area (Å²) < 4.78 is 0. The highest BCUT2D eigenvalue weighted by molar-refractivity contribution is 5.76. The summed E-state index contributed by atoms with van der Waals surface area (Å²) in [6.07, 6.45) is 7.92. The van der Waals surface area contributed by atoms with E-state index in [1.807, 2.05) is 13.8 Å². The summed E-state index contributed by atoms with van der Waals surface area (Å²) >= 11 is 0. The molecule has 3 rings (SSSR count). The van der Waals surface area contributed by atoms with Crippen LogP contribution in [0.2, 0.25) is 0 Å². The van der Waals surface area contributed by atoms with Crippen LogP contribution in [0.25, 0.3) is 0 Å². The second kappa shape index (κ2) is 5.58. The highest BCUT2D eigenvalue weighted by Crippen LogP contribution is 2.43. The zero-order valence-corrected chi connectivity index (χ0v) is 12.5. The van der Waals surface area contributed by atoms with E-state index < -0.39 is 0 Å². The van der Waals surface area contributed by atoms with E-state index in [4.69, 9.17) is 0 Å². The number of aromatic amines is 1. The number of aromatic nitrogens is 2. The minimum Gasteiger partial charge on any atom is -0.353 e. The quantitative estimate of drug-likeness (QED) is 0.887. The second-order valence-electron chi connectivity index (χ2n) is 6.52. The van der Waals surface area contributed by atoms with Gasteiger partial charge >= 0.3 is 0 Å². The van der Waals surface area contributed by atoms with Gasteiger partial charge < -0.3 is 5.32 Å². The number of aryl methyl sites for hydroxylation is 2. The minimum absolute atomic E-state index is 0.211. The number of fused-ring (bicyclic) bond motifs is 1. The minimum atomic E-state index is 0.211. The van der Waals surface area contributed by atoms with Crippen molar-refractivity contribution >= 4 is 5.91 Å². The van der Waals surface area contributed by atoms with Crippen LogP contribution in [-0.2, 0) is 11.2 Å². The average molecular weight is 275 g/mol. The summed E-state index contributed by atoms with van der Waals surface area (Å²) in [5.41, 5.74) is 3.31. The van der Waals surface area contributed by atoms with Crippen molar-refractivity contribution in [2.75, 3.05) is 0 Å². The number of hydrogen-bond acceptors (Lipinski definition) is 2. The molecule has 0 spiro atoms. The molecule has 4 nitrogen and oxygen atoms in total. The largest absolute Gasteiger partial charge is 0.353 e. The zero-order chi connectivity index (χ0) is 14.1. The van der Waals surface area contributed by atoms with E-state index >= 15 is 0 Å². The molecule has 2 fully saturated rings. The molecule has 2 aliphatic rings. The van der Waals surface area contributed by atoms with E-state index in [2.05, 4.69) is 15.5 Å². The molecule has 0 aromatic carbocycles. The van der Waals surface area contributed by atoms with Crippen LogP contribution < -0.4 is 5.32 Å².